The molecule has 1 aromatic carbocycles. The first-order valence-electron chi connectivity index (χ1n) is 5.26. The highest BCUT2D eigenvalue weighted by Gasteiger charge is 2.16. The van der Waals surface area contributed by atoms with Gasteiger partial charge in [0.15, 0.2) is 0 Å². The molecular weight excluding hydrogens is 289 g/mol. The molecule has 0 radical (unpaired) electrons. The quantitative estimate of drug-likeness (QED) is 0.651. The van der Waals surface area contributed by atoms with Crippen molar-refractivity contribution in [1.82, 2.24) is 10.2 Å². The molecule has 0 saturated carbocycles. The number of nitrogens with one attached hydrogen (secondary N) is 3. The highest BCUT2D eigenvalue weighted by molar-refractivity contribution is 7.90. The average molecular weight is 299 g/mol. The van der Waals surface area contributed by atoms with Gasteiger partial charge in [-0.1, -0.05) is 0 Å². The Bertz CT molecular complexity index is 726. The zero-order valence-corrected chi connectivity index (χ0v) is 10.7. The van der Waals surface area contributed by atoms with Crippen molar-refractivity contribution in [2.45, 2.75) is 0 Å². The second kappa shape index (κ2) is 5.27. The summed E-state index contributed by atoms with van der Waals surface area (Å²) in [6, 6.07) is 5.06. The molecule has 0 unspecified atom stereocenters. The van der Waals surface area contributed by atoms with E-state index in [0.717, 1.165) is 6.20 Å². The molecule has 1 amide bonds. The Morgan fingerprint density at radius 2 is 1.95 bits per heavy atom. The number of hydrogen-bond acceptors (Lipinski definition) is 4. The molecule has 0 fully saturated rings. The van der Waals surface area contributed by atoms with Crippen LogP contribution in [0.25, 0.3) is 0 Å². The summed E-state index contributed by atoms with van der Waals surface area (Å²) in [7, 11) is -4.02. The normalized spacial score (nSPS) is 11.1. The fraction of sp³-hybridized carbons (Fsp3) is 0. The molecule has 10 heteroatoms. The van der Waals surface area contributed by atoms with E-state index in [9.17, 15) is 17.6 Å². The van der Waals surface area contributed by atoms with Crippen molar-refractivity contribution < 1.29 is 17.6 Å². The maximum atomic E-state index is 12.7. The van der Waals surface area contributed by atoms with E-state index in [1.165, 1.54) is 24.3 Å². The third-order valence-electron chi connectivity index (χ3n) is 2.22. The predicted octanol–water partition coefficient (Wildman–Crippen LogP) is 0.416. The lowest BCUT2D eigenvalue weighted by Crippen LogP contribution is -2.23. The number of anilines is 2. The lowest BCUT2D eigenvalue weighted by Gasteiger charge is -2.06. The van der Waals surface area contributed by atoms with Gasteiger partial charge in [0, 0.05) is 5.69 Å². The van der Waals surface area contributed by atoms with Gasteiger partial charge in [-0.3, -0.25) is 14.6 Å². The first-order chi connectivity index (χ1) is 9.35. The van der Waals surface area contributed by atoms with Gasteiger partial charge in [-0.2, -0.15) is 13.5 Å². The summed E-state index contributed by atoms with van der Waals surface area (Å²) in [4.78, 5) is 11.9. The zero-order valence-electron chi connectivity index (χ0n) is 9.92. The molecule has 20 heavy (non-hydrogen) atoms. The molecule has 0 saturated heterocycles. The number of H-pyrrole nitrogens is 1. The molecule has 1 heterocycles. The molecular formula is C10H10FN5O3S. The van der Waals surface area contributed by atoms with Gasteiger partial charge in [0.1, 0.15) is 17.2 Å². The van der Waals surface area contributed by atoms with Crippen LogP contribution in [0, 0.1) is 5.82 Å². The van der Waals surface area contributed by atoms with E-state index in [1.54, 1.807) is 0 Å². The van der Waals surface area contributed by atoms with Crippen molar-refractivity contribution in [3.8, 4) is 0 Å². The van der Waals surface area contributed by atoms with E-state index in [1.807, 2.05) is 4.72 Å². The van der Waals surface area contributed by atoms with Crippen LogP contribution in [0.1, 0.15) is 10.5 Å². The summed E-state index contributed by atoms with van der Waals surface area (Å²) in [6.07, 6.45) is 1.10. The summed E-state index contributed by atoms with van der Waals surface area (Å²) in [5, 5.41) is 13.2. The monoisotopic (exact) mass is 299 g/mol. The summed E-state index contributed by atoms with van der Waals surface area (Å²) >= 11 is 0. The van der Waals surface area contributed by atoms with Crippen LogP contribution in [-0.2, 0) is 10.2 Å². The van der Waals surface area contributed by atoms with Crippen LogP contribution in [0.15, 0.2) is 30.5 Å². The number of carbonyl (C=O) groups excluding carboxylic acids is 1. The van der Waals surface area contributed by atoms with Gasteiger partial charge in [0.05, 0.1) is 6.20 Å². The Labute approximate surface area is 113 Å². The SMILES string of the molecule is NS(=O)(=O)Nc1cn[nH]c1C(=O)Nc1ccc(F)cc1. The molecule has 8 nitrogen and oxygen atoms in total. The lowest BCUT2D eigenvalue weighted by molar-refractivity contribution is 0.102. The van der Waals surface area contributed by atoms with Crippen LogP contribution in [0.2, 0.25) is 0 Å². The minimum absolute atomic E-state index is 0.0906. The minimum Gasteiger partial charge on any atom is -0.321 e. The van der Waals surface area contributed by atoms with Crippen LogP contribution >= 0.6 is 0 Å². The summed E-state index contributed by atoms with van der Waals surface area (Å²) in [6.45, 7) is 0. The largest absolute Gasteiger partial charge is 0.321 e. The Morgan fingerprint density at radius 1 is 1.30 bits per heavy atom. The van der Waals surface area contributed by atoms with Crippen LogP contribution in [-0.4, -0.2) is 24.5 Å². The van der Waals surface area contributed by atoms with E-state index in [0.29, 0.717) is 5.69 Å². The molecule has 0 aliphatic rings. The average Bonchev–Trinajstić information content (AvgIpc) is 2.78. The molecule has 0 atom stereocenters. The first kappa shape index (κ1) is 14.0. The van der Waals surface area contributed by atoms with Crippen molar-refractivity contribution in [3.05, 3.63) is 42.0 Å². The fourth-order valence-corrected chi connectivity index (χ4v) is 1.88. The van der Waals surface area contributed by atoms with Gasteiger partial charge in [0.25, 0.3) is 16.1 Å². The summed E-state index contributed by atoms with van der Waals surface area (Å²) in [5.41, 5.74) is 0.128. The number of halogens is 1. The Kier molecular flexibility index (Phi) is 3.68. The highest BCUT2D eigenvalue weighted by atomic mass is 32.2. The van der Waals surface area contributed by atoms with Gasteiger partial charge in [-0.15, -0.1) is 0 Å². The second-order valence-electron chi connectivity index (χ2n) is 3.77. The van der Waals surface area contributed by atoms with Gasteiger partial charge in [-0.05, 0) is 24.3 Å². The first-order valence-corrected chi connectivity index (χ1v) is 6.80. The van der Waals surface area contributed by atoms with Gasteiger partial charge in [-0.25, -0.2) is 9.53 Å². The van der Waals surface area contributed by atoms with Crippen molar-refractivity contribution in [2.75, 3.05) is 10.0 Å². The van der Waals surface area contributed by atoms with Crippen LogP contribution in [0.3, 0.4) is 0 Å². The number of nitrogens with zero attached hydrogens (tertiary/aromatic N) is 1. The number of aromatic amines is 1. The maximum Gasteiger partial charge on any atom is 0.296 e. The maximum absolute atomic E-state index is 12.7. The molecule has 0 bridgehead atoms. The number of nitrogens with two attached hydrogens (primary N) is 1. The number of rotatable bonds is 4. The standard InChI is InChI=1S/C10H10FN5O3S/c11-6-1-3-7(4-2-6)14-10(17)9-8(5-13-15-9)16-20(12,18)19/h1-5,16H,(H,13,15)(H,14,17)(H2,12,18,19). The topological polar surface area (TPSA) is 130 Å². The molecule has 2 aromatic rings. The Morgan fingerprint density at radius 3 is 2.55 bits per heavy atom. The molecule has 106 valence electrons. The predicted molar refractivity (Wildman–Crippen MR) is 69.7 cm³/mol. The van der Waals surface area contributed by atoms with Crippen LogP contribution in [0.5, 0.6) is 0 Å². The van der Waals surface area contributed by atoms with Crippen molar-refractivity contribution in [3.63, 3.8) is 0 Å². The third kappa shape index (κ3) is 3.52. The van der Waals surface area contributed by atoms with E-state index in [-0.39, 0.29) is 11.4 Å². The van der Waals surface area contributed by atoms with Gasteiger partial charge in [0.2, 0.25) is 0 Å². The lowest BCUT2D eigenvalue weighted by atomic mass is 10.3. The molecule has 0 aliphatic carbocycles. The molecule has 2 rings (SSSR count). The smallest absolute Gasteiger partial charge is 0.296 e. The Balaban J connectivity index is 2.18. The highest BCUT2D eigenvalue weighted by Crippen LogP contribution is 2.15. The second-order valence-corrected chi connectivity index (χ2v) is 5.06. The third-order valence-corrected chi connectivity index (χ3v) is 2.73. The van der Waals surface area contributed by atoms with Crippen molar-refractivity contribution >= 4 is 27.5 Å². The molecule has 0 spiro atoms. The number of carbonyl (C=O) groups is 1. The summed E-state index contributed by atoms with van der Waals surface area (Å²) in [5.74, 6) is -1.10. The molecule has 1 aromatic heterocycles. The summed E-state index contributed by atoms with van der Waals surface area (Å²) < 4.78 is 36.5. The molecule has 5 N–H and O–H groups in total. The van der Waals surface area contributed by atoms with Crippen LogP contribution in [0.4, 0.5) is 15.8 Å². The van der Waals surface area contributed by atoms with E-state index in [2.05, 4.69) is 15.5 Å². The molecule has 0 aliphatic heterocycles. The van der Waals surface area contributed by atoms with Crippen molar-refractivity contribution in [2.24, 2.45) is 5.14 Å². The number of aromatic nitrogens is 2. The fourth-order valence-electron chi connectivity index (χ4n) is 1.42. The van der Waals surface area contributed by atoms with Crippen molar-refractivity contribution in [1.29, 1.82) is 0 Å². The minimum atomic E-state index is -4.02. The number of hydrogen-bond donors (Lipinski definition) is 4. The number of amides is 1. The van der Waals surface area contributed by atoms with Gasteiger partial charge < -0.3 is 5.32 Å². The van der Waals surface area contributed by atoms with E-state index < -0.39 is 21.9 Å². The number of benzene rings is 1. The van der Waals surface area contributed by atoms with E-state index in [4.69, 9.17) is 5.14 Å². The van der Waals surface area contributed by atoms with E-state index >= 15 is 0 Å². The Hall–Kier alpha value is -2.46. The van der Waals surface area contributed by atoms with Crippen LogP contribution < -0.4 is 15.2 Å². The zero-order chi connectivity index (χ0) is 14.8. The van der Waals surface area contributed by atoms with Gasteiger partial charge >= 0.3 is 0 Å².